The van der Waals surface area contributed by atoms with Gasteiger partial charge in [-0.05, 0) is 121 Å². The molecule has 83 heavy (non-hydrogen) atoms. The van der Waals surface area contributed by atoms with Gasteiger partial charge in [0.25, 0.3) is 11.8 Å². The van der Waals surface area contributed by atoms with Crippen molar-refractivity contribution in [1.29, 1.82) is 0 Å². The normalized spacial score (nSPS) is 19.8. The molecule has 2 aliphatic heterocycles. The van der Waals surface area contributed by atoms with Gasteiger partial charge in [0.2, 0.25) is 0 Å². The molecule has 2 aliphatic rings. The summed E-state index contributed by atoms with van der Waals surface area (Å²) in [5.41, 5.74) is 5.15. The smallest absolute Gasteiger partial charge is 0.550 e. The third-order valence-electron chi connectivity index (χ3n) is 15.2. The number of anilines is 2. The molecule has 2 amide bonds. The Bertz CT molecular complexity index is 2940. The third-order valence-corrected chi connectivity index (χ3v) is 15.2. The van der Waals surface area contributed by atoms with Crippen molar-refractivity contribution in [3.63, 3.8) is 0 Å². The molecular weight excluding hydrogens is 1090 g/mol. The van der Waals surface area contributed by atoms with E-state index in [1.807, 2.05) is 149 Å². The van der Waals surface area contributed by atoms with Crippen LogP contribution in [0, 0.1) is 23.5 Å². The number of nitrogens with one attached hydrogen (secondary N) is 4. The molecule has 0 bridgehead atoms. The Morgan fingerprint density at radius 1 is 0.482 bits per heavy atom. The van der Waals surface area contributed by atoms with Crippen LogP contribution in [0.3, 0.4) is 0 Å². The first-order chi connectivity index (χ1) is 39.2. The minimum absolute atomic E-state index is 0. The van der Waals surface area contributed by atoms with Crippen LogP contribution in [0.5, 0.6) is 0 Å². The van der Waals surface area contributed by atoms with E-state index in [1.165, 1.54) is 24.3 Å². The van der Waals surface area contributed by atoms with Crippen molar-refractivity contribution in [3.05, 3.63) is 226 Å². The zero-order chi connectivity index (χ0) is 59.1. The molecule has 0 radical (unpaired) electrons. The third kappa shape index (κ3) is 16.7. The molecule has 0 spiro atoms. The van der Waals surface area contributed by atoms with Gasteiger partial charge in [-0.3, -0.25) is 9.59 Å². The number of benzene rings is 6. The Kier molecular flexibility index (Phi) is 23.8. The summed E-state index contributed by atoms with van der Waals surface area (Å²) in [5, 5.41) is 77.1. The van der Waals surface area contributed by atoms with Crippen LogP contribution >= 0.6 is 0 Å². The molecule has 8 atom stereocenters. The number of allylic oxidation sites excluding steroid dienone is 2. The summed E-state index contributed by atoms with van der Waals surface area (Å²) in [6.07, 6.45) is -5.04. The van der Waals surface area contributed by atoms with Gasteiger partial charge in [0.15, 0.2) is 0 Å². The fourth-order valence-corrected chi connectivity index (χ4v) is 11.5. The number of aliphatic hydroxyl groups excluding tert-OH is 4. The van der Waals surface area contributed by atoms with Gasteiger partial charge >= 0.3 is 37.7 Å². The Morgan fingerprint density at radius 2 is 0.783 bits per heavy atom. The molecule has 0 saturated carbocycles. The van der Waals surface area contributed by atoms with Crippen molar-refractivity contribution < 1.29 is 58.6 Å². The van der Waals surface area contributed by atoms with Gasteiger partial charge in [-0.25, -0.2) is 8.78 Å². The van der Waals surface area contributed by atoms with Crippen LogP contribution in [-0.2, 0) is 30.3 Å². The van der Waals surface area contributed by atoms with Crippen molar-refractivity contribution >= 4 is 72.9 Å². The number of carboxylic acid groups (broad SMARTS) is 2. The largest absolute Gasteiger partial charge is 2.00 e. The van der Waals surface area contributed by atoms with E-state index < -0.39 is 83.7 Å². The topological polar surface area (TPSA) is 243 Å². The van der Waals surface area contributed by atoms with Gasteiger partial charge in [-0.1, -0.05) is 149 Å². The van der Waals surface area contributed by atoms with E-state index in [4.69, 9.17) is 0 Å². The number of aliphatic carboxylic acids is 2. The fourth-order valence-electron chi connectivity index (χ4n) is 11.5. The number of rotatable bonds is 24. The molecule has 0 aliphatic carbocycles. The van der Waals surface area contributed by atoms with Crippen LogP contribution in [0.1, 0.15) is 113 Å². The molecule has 14 nitrogen and oxygen atoms in total. The molecule has 432 valence electrons. The zero-order valence-electron chi connectivity index (χ0n) is 47.1. The van der Waals surface area contributed by atoms with Crippen LogP contribution in [0.15, 0.2) is 192 Å². The minimum Gasteiger partial charge on any atom is -0.550 e. The van der Waals surface area contributed by atoms with E-state index in [-0.39, 0.29) is 87.1 Å². The van der Waals surface area contributed by atoms with Gasteiger partial charge < -0.3 is 61.5 Å². The summed E-state index contributed by atoms with van der Waals surface area (Å²) in [7, 11) is 0. The van der Waals surface area contributed by atoms with Crippen LogP contribution in [0.2, 0.25) is 0 Å². The Morgan fingerprint density at radius 3 is 1.07 bits per heavy atom. The standard InChI is InChI=1S/2C33H37FN2O5.Ca/c2*1-21(2)31-29(32(41)35-25-11-7-4-8-12-25)30(22-9-5-3-6-10-22)33(36-31,23-13-15-24(34)16-14-23)18-17-26(37)19-27(38)20-28(39)40;/h2*3-16,21,26-27,30,36-38H,17-20H2,1-2H3,(H,35,41)(H,39,40);/q;;+2/p-2. The monoisotopic (exact) mass is 1160 g/mol. The van der Waals surface area contributed by atoms with Crippen molar-refractivity contribution in [1.82, 2.24) is 10.6 Å². The van der Waals surface area contributed by atoms with E-state index in [0.29, 0.717) is 35.4 Å². The van der Waals surface area contributed by atoms with Gasteiger partial charge in [0.05, 0.1) is 35.5 Å². The molecule has 17 heteroatoms. The van der Waals surface area contributed by atoms with Crippen molar-refractivity contribution in [3.8, 4) is 0 Å². The van der Waals surface area contributed by atoms with Crippen LogP contribution in [0.25, 0.3) is 0 Å². The van der Waals surface area contributed by atoms with E-state index in [1.54, 1.807) is 24.3 Å². The maximum Gasteiger partial charge on any atom is 2.00 e. The maximum atomic E-state index is 14.1. The number of carbonyl (C=O) groups is 4. The van der Waals surface area contributed by atoms with Crippen LogP contribution < -0.4 is 31.5 Å². The Labute approximate surface area is 513 Å². The van der Waals surface area contributed by atoms with Gasteiger partial charge in [0.1, 0.15) is 11.6 Å². The number of para-hydroxylation sites is 2. The van der Waals surface area contributed by atoms with Gasteiger partial charge in [-0.2, -0.15) is 0 Å². The molecule has 0 fully saturated rings. The molecule has 0 saturated heterocycles. The van der Waals surface area contributed by atoms with Crippen molar-refractivity contribution in [2.75, 3.05) is 10.6 Å². The minimum atomic E-state index is -1.39. The molecule has 8 unspecified atom stereocenters. The summed E-state index contributed by atoms with van der Waals surface area (Å²) in [6.45, 7) is 7.97. The van der Waals surface area contributed by atoms with Gasteiger partial charge in [-0.15, -0.1) is 0 Å². The first-order valence-corrected chi connectivity index (χ1v) is 27.7. The SMILES string of the molecule is CC(C)C1=C(C(=O)Nc2ccccc2)C(c2ccccc2)C(CCC(O)CC(O)CC(=O)[O-])(c2ccc(F)cc2)N1.CC(C)C1=C(C(=O)Nc2ccccc2)C(c2ccccc2)C(CCC(O)CC(O)CC(=O)[O-])(c2ccc(F)cc2)N1.[Ca+2]. The predicted octanol–water partition coefficient (Wildman–Crippen LogP) is 7.60. The fraction of sp³-hybridized carbons (Fsp3) is 0.333. The number of halogens is 2. The van der Waals surface area contributed by atoms with E-state index in [9.17, 15) is 58.6 Å². The molecule has 6 aromatic rings. The second kappa shape index (κ2) is 30.2. The maximum absolute atomic E-state index is 14.1. The Hall–Kier alpha value is -6.76. The average Bonchev–Trinajstić information content (AvgIpc) is 3.94. The molecule has 2 heterocycles. The summed E-state index contributed by atoms with van der Waals surface area (Å²) in [4.78, 5) is 50.0. The Balaban J connectivity index is 0.000000263. The average molecular weight is 1160 g/mol. The van der Waals surface area contributed by atoms with Crippen molar-refractivity contribution in [2.45, 2.75) is 126 Å². The molecule has 8 rings (SSSR count). The quantitative estimate of drug-likeness (QED) is 0.0273. The number of carbonyl (C=O) groups excluding carboxylic acids is 4. The second-order valence-electron chi connectivity index (χ2n) is 21.8. The summed E-state index contributed by atoms with van der Waals surface area (Å²) >= 11 is 0. The van der Waals surface area contributed by atoms with Crippen LogP contribution in [-0.4, -0.2) is 106 Å². The second-order valence-corrected chi connectivity index (χ2v) is 21.8. The summed E-state index contributed by atoms with van der Waals surface area (Å²) in [6, 6.07) is 49.8. The first-order valence-electron chi connectivity index (χ1n) is 27.7. The number of amides is 2. The predicted molar refractivity (Wildman–Crippen MR) is 311 cm³/mol. The molecule has 6 aromatic carbocycles. The number of carboxylic acids is 2. The number of hydrogen-bond acceptors (Lipinski definition) is 12. The van der Waals surface area contributed by atoms with Crippen LogP contribution in [0.4, 0.5) is 20.2 Å². The van der Waals surface area contributed by atoms with E-state index in [2.05, 4.69) is 21.3 Å². The first kappa shape index (κ1) is 65.4. The van der Waals surface area contributed by atoms with Crippen molar-refractivity contribution in [2.24, 2.45) is 11.8 Å². The summed E-state index contributed by atoms with van der Waals surface area (Å²) < 4.78 is 28.2. The number of hydrogen-bond donors (Lipinski definition) is 8. The molecular formula is C66H72CaF2N4O10. The van der Waals surface area contributed by atoms with Gasteiger partial charge in [0, 0.05) is 70.5 Å². The summed E-state index contributed by atoms with van der Waals surface area (Å²) in [5.74, 6) is -5.31. The van der Waals surface area contributed by atoms with E-state index in [0.717, 1.165) is 33.6 Å². The number of aliphatic hydroxyl groups is 4. The molecule has 0 aromatic heterocycles. The zero-order valence-corrected chi connectivity index (χ0v) is 49.4. The molecule has 8 N–H and O–H groups in total. The van der Waals surface area contributed by atoms with E-state index >= 15 is 0 Å².